The minimum Gasteiger partial charge on any atom is -0.465 e. The van der Waals surface area contributed by atoms with E-state index in [1.807, 2.05) is 30.3 Å². The molecule has 2 saturated carbocycles. The van der Waals surface area contributed by atoms with Gasteiger partial charge >= 0.3 is 11.9 Å². The van der Waals surface area contributed by atoms with Crippen molar-refractivity contribution < 1.29 is 28.2 Å². The maximum absolute atomic E-state index is 15.0. The van der Waals surface area contributed by atoms with Crippen LogP contribution in [0.3, 0.4) is 0 Å². The van der Waals surface area contributed by atoms with Gasteiger partial charge in [0.2, 0.25) is 0 Å². The van der Waals surface area contributed by atoms with Gasteiger partial charge in [-0.1, -0.05) is 30.3 Å². The second kappa shape index (κ2) is 6.86. The largest absolute Gasteiger partial charge is 0.465 e. The summed E-state index contributed by atoms with van der Waals surface area (Å²) < 4.78 is 32.2. The third-order valence-corrected chi connectivity index (χ3v) is 8.28. The first-order valence-corrected chi connectivity index (χ1v) is 11.7. The minimum absolute atomic E-state index is 0.0706. The lowest BCUT2D eigenvalue weighted by atomic mass is 9.68. The number of halogens is 1. The van der Waals surface area contributed by atoms with E-state index in [1.165, 1.54) is 0 Å². The Balaban J connectivity index is 1.43. The van der Waals surface area contributed by atoms with Gasteiger partial charge in [0.15, 0.2) is 5.41 Å². The van der Waals surface area contributed by atoms with E-state index in [-0.39, 0.29) is 42.9 Å². The van der Waals surface area contributed by atoms with Crippen LogP contribution < -0.4 is 0 Å². The van der Waals surface area contributed by atoms with E-state index in [4.69, 9.17) is 19.2 Å². The molecule has 3 fully saturated rings. The summed E-state index contributed by atoms with van der Waals surface area (Å²) in [6.45, 7) is 3.84. The number of pyridine rings is 1. The lowest BCUT2D eigenvalue weighted by Gasteiger charge is -2.37. The molecule has 33 heavy (non-hydrogen) atoms. The number of aromatic nitrogens is 1. The highest BCUT2D eigenvalue weighted by atomic mass is 19.1. The zero-order valence-corrected chi connectivity index (χ0v) is 18.7. The molecular formula is C26H26FNO5. The number of nitrogens with zero attached hydrogens (tertiary/aromatic N) is 1. The van der Waals surface area contributed by atoms with Crippen molar-refractivity contribution in [3.05, 3.63) is 53.5 Å². The standard InChI is InChI=1S/C26H26FNO5/c1-3-31-22(29)24(23(30)32-4-2)10-11-25-13-18-16-12-17(27)19(15-8-6-5-7-9-15)28-20(16)21(25)26(25,14-24)33-18/h5-9,12,18,21H,3-4,10-11,13-14H2,1-2H3/t18-,21-,25+,26-/m0/s1. The molecule has 6 nitrogen and oxygen atoms in total. The second-order valence-electron chi connectivity index (χ2n) is 9.65. The highest BCUT2D eigenvalue weighted by Crippen LogP contribution is 2.87. The Morgan fingerprint density at radius 1 is 1.12 bits per heavy atom. The van der Waals surface area contributed by atoms with Crippen molar-refractivity contribution >= 4 is 11.9 Å². The Hall–Kier alpha value is -2.80. The van der Waals surface area contributed by atoms with E-state index < -0.39 is 23.0 Å². The average Bonchev–Trinajstić information content (AvgIpc) is 3.27. The molecule has 2 aliphatic heterocycles. The average molecular weight is 451 g/mol. The van der Waals surface area contributed by atoms with Crippen LogP contribution in [-0.4, -0.2) is 35.7 Å². The third kappa shape index (κ3) is 2.49. The molecule has 1 saturated heterocycles. The summed E-state index contributed by atoms with van der Waals surface area (Å²) in [6.07, 6.45) is 1.71. The number of esters is 2. The molecule has 2 aromatic rings. The summed E-state index contributed by atoms with van der Waals surface area (Å²) >= 11 is 0. The third-order valence-electron chi connectivity index (χ3n) is 8.28. The second-order valence-corrected chi connectivity index (χ2v) is 9.65. The normalized spacial score (nSPS) is 31.8. The fourth-order valence-corrected chi connectivity index (χ4v) is 6.92. The Kier molecular flexibility index (Phi) is 4.32. The van der Waals surface area contributed by atoms with Crippen LogP contribution in [0.25, 0.3) is 11.3 Å². The van der Waals surface area contributed by atoms with Crippen LogP contribution in [0.1, 0.15) is 62.8 Å². The molecule has 0 unspecified atom stereocenters. The summed E-state index contributed by atoms with van der Waals surface area (Å²) in [6, 6.07) is 10.9. The van der Waals surface area contributed by atoms with Crippen molar-refractivity contribution in [2.75, 3.05) is 13.2 Å². The highest BCUT2D eigenvalue weighted by molar-refractivity contribution is 6.00. The van der Waals surface area contributed by atoms with E-state index >= 15 is 4.39 Å². The number of hydrogen-bond donors (Lipinski definition) is 0. The zero-order valence-electron chi connectivity index (χ0n) is 18.7. The maximum Gasteiger partial charge on any atom is 0.323 e. The van der Waals surface area contributed by atoms with E-state index in [9.17, 15) is 9.59 Å². The van der Waals surface area contributed by atoms with E-state index in [0.29, 0.717) is 18.5 Å². The Morgan fingerprint density at radius 2 is 1.82 bits per heavy atom. The van der Waals surface area contributed by atoms with E-state index in [2.05, 4.69) is 0 Å². The van der Waals surface area contributed by atoms with Crippen LogP contribution >= 0.6 is 0 Å². The summed E-state index contributed by atoms with van der Waals surface area (Å²) in [7, 11) is 0. The van der Waals surface area contributed by atoms with Gasteiger partial charge in [0, 0.05) is 28.9 Å². The summed E-state index contributed by atoms with van der Waals surface area (Å²) in [4.78, 5) is 31.0. The van der Waals surface area contributed by atoms with Crippen molar-refractivity contribution in [1.82, 2.24) is 4.98 Å². The SMILES string of the molecule is CCOC(=O)C1(C(=O)OCC)CC[C@]23C[C@@H]4O[C@@]2(C1)[C@H]3c1nc(-c2ccccc2)c(F)cc14. The molecule has 1 aromatic heterocycles. The number of ether oxygens (including phenoxy) is 3. The fraction of sp³-hybridized carbons (Fsp3) is 0.500. The first-order valence-electron chi connectivity index (χ1n) is 11.7. The minimum atomic E-state index is -1.38. The van der Waals surface area contributed by atoms with Crippen molar-refractivity contribution in [2.24, 2.45) is 10.8 Å². The van der Waals surface area contributed by atoms with E-state index in [0.717, 1.165) is 23.2 Å². The summed E-state index contributed by atoms with van der Waals surface area (Å²) in [5, 5.41) is 0. The summed E-state index contributed by atoms with van der Waals surface area (Å²) in [5.74, 6) is -1.51. The lowest BCUT2D eigenvalue weighted by Crippen LogP contribution is -2.49. The van der Waals surface area contributed by atoms with Gasteiger partial charge in [-0.2, -0.15) is 0 Å². The van der Waals surface area contributed by atoms with Crippen LogP contribution in [0.2, 0.25) is 0 Å². The molecule has 2 spiro atoms. The van der Waals surface area contributed by atoms with Crippen LogP contribution in [0.5, 0.6) is 0 Å². The predicted octanol–water partition coefficient (Wildman–Crippen LogP) is 4.48. The number of benzene rings is 1. The molecule has 0 N–H and O–H groups in total. The number of hydrogen-bond acceptors (Lipinski definition) is 6. The van der Waals surface area contributed by atoms with Gasteiger partial charge in [0.25, 0.3) is 0 Å². The molecule has 7 rings (SSSR count). The molecule has 5 aliphatic rings. The van der Waals surface area contributed by atoms with Crippen molar-refractivity contribution in [3.8, 4) is 11.3 Å². The molecule has 3 aliphatic carbocycles. The molecular weight excluding hydrogens is 425 g/mol. The maximum atomic E-state index is 15.0. The lowest BCUT2D eigenvalue weighted by molar-refractivity contribution is -0.180. The molecule has 4 atom stereocenters. The smallest absolute Gasteiger partial charge is 0.323 e. The highest BCUT2D eigenvalue weighted by Gasteiger charge is 2.88. The van der Waals surface area contributed by atoms with Crippen LogP contribution in [0, 0.1) is 16.6 Å². The van der Waals surface area contributed by atoms with Crippen LogP contribution in [-0.2, 0) is 23.8 Å². The van der Waals surface area contributed by atoms with Gasteiger partial charge in [0.05, 0.1) is 30.6 Å². The van der Waals surface area contributed by atoms with Gasteiger partial charge < -0.3 is 14.2 Å². The number of carbonyl (C=O) groups excluding carboxylic acids is 2. The molecule has 0 amide bonds. The molecule has 4 bridgehead atoms. The first-order chi connectivity index (χ1) is 15.9. The van der Waals surface area contributed by atoms with Gasteiger partial charge in [-0.3, -0.25) is 9.59 Å². The van der Waals surface area contributed by atoms with Crippen molar-refractivity contribution in [1.29, 1.82) is 0 Å². The first kappa shape index (κ1) is 20.8. The van der Waals surface area contributed by atoms with Crippen LogP contribution in [0.4, 0.5) is 4.39 Å². The fourth-order valence-electron chi connectivity index (χ4n) is 6.92. The molecule has 0 radical (unpaired) electrons. The van der Waals surface area contributed by atoms with Gasteiger partial charge in [-0.15, -0.1) is 0 Å². The Labute approximate surface area is 191 Å². The molecule has 1 aromatic carbocycles. The van der Waals surface area contributed by atoms with Crippen molar-refractivity contribution in [2.45, 2.75) is 57.2 Å². The number of rotatable bonds is 5. The monoisotopic (exact) mass is 451 g/mol. The van der Waals surface area contributed by atoms with Gasteiger partial charge in [-0.05, 0) is 39.2 Å². The summed E-state index contributed by atoms with van der Waals surface area (Å²) in [5.41, 5.74) is 0.474. The molecule has 172 valence electrons. The molecule has 3 heterocycles. The Morgan fingerprint density at radius 3 is 2.48 bits per heavy atom. The van der Waals surface area contributed by atoms with Crippen LogP contribution in [0.15, 0.2) is 36.4 Å². The van der Waals surface area contributed by atoms with Gasteiger partial charge in [0.1, 0.15) is 11.5 Å². The topological polar surface area (TPSA) is 74.7 Å². The zero-order chi connectivity index (χ0) is 23.0. The molecule has 7 heteroatoms. The van der Waals surface area contributed by atoms with Gasteiger partial charge in [-0.25, -0.2) is 9.37 Å². The van der Waals surface area contributed by atoms with E-state index in [1.54, 1.807) is 19.9 Å². The predicted molar refractivity (Wildman–Crippen MR) is 116 cm³/mol. The van der Waals surface area contributed by atoms with Crippen molar-refractivity contribution in [3.63, 3.8) is 0 Å². The Bertz CT molecular complexity index is 1150. The quantitative estimate of drug-likeness (QED) is 0.493. The number of carbonyl (C=O) groups is 2.